The zero-order valence-corrected chi connectivity index (χ0v) is 22.5. The summed E-state index contributed by atoms with van der Waals surface area (Å²) in [5.41, 5.74) is 11.3. The third kappa shape index (κ3) is 5.77. The van der Waals surface area contributed by atoms with Gasteiger partial charge in [0.25, 0.3) is 0 Å². The maximum atomic E-state index is 15.8. The van der Waals surface area contributed by atoms with Crippen molar-refractivity contribution in [1.82, 2.24) is 0 Å². The predicted molar refractivity (Wildman–Crippen MR) is 154 cm³/mol. The van der Waals surface area contributed by atoms with Crippen LogP contribution in [0, 0.1) is 11.6 Å². The van der Waals surface area contributed by atoms with Gasteiger partial charge in [-0.15, -0.1) is 0 Å². The van der Waals surface area contributed by atoms with Gasteiger partial charge in [-0.1, -0.05) is 44.2 Å². The first-order valence-electron chi connectivity index (χ1n) is 12.9. The predicted octanol–water partition coefficient (Wildman–Crippen LogP) is 6.73. The third-order valence-electron chi connectivity index (χ3n) is 7.14. The number of halogens is 2. The summed E-state index contributed by atoms with van der Waals surface area (Å²) in [6.45, 7) is 6.28. The van der Waals surface area contributed by atoms with E-state index in [4.69, 9.17) is 10.8 Å². The average molecular weight is 530 g/mol. The number of benzene rings is 3. The van der Waals surface area contributed by atoms with Gasteiger partial charge in [-0.3, -0.25) is 4.99 Å². The molecule has 7 heteroatoms. The van der Waals surface area contributed by atoms with Crippen LogP contribution in [0.25, 0.3) is 11.6 Å². The molecule has 0 amide bonds. The Morgan fingerprint density at radius 3 is 2.33 bits per heavy atom. The van der Waals surface area contributed by atoms with E-state index in [1.165, 1.54) is 30.0 Å². The van der Waals surface area contributed by atoms with Crippen LogP contribution in [0.5, 0.6) is 0 Å². The molecule has 0 fully saturated rings. The summed E-state index contributed by atoms with van der Waals surface area (Å²) in [5.74, 6) is -2.32. The van der Waals surface area contributed by atoms with Gasteiger partial charge in [0.05, 0.1) is 11.6 Å². The van der Waals surface area contributed by atoms with E-state index >= 15 is 8.78 Å². The molecule has 3 aromatic carbocycles. The van der Waals surface area contributed by atoms with Crippen LogP contribution in [-0.2, 0) is 11.2 Å². The van der Waals surface area contributed by atoms with Crippen LogP contribution in [-0.4, -0.2) is 30.4 Å². The lowest BCUT2D eigenvalue weighted by Crippen LogP contribution is -2.43. The number of anilines is 1. The second-order valence-corrected chi connectivity index (χ2v) is 10.1. The highest BCUT2D eigenvalue weighted by atomic mass is 19.1. The number of aliphatic imine (C=N–C) groups is 1. The first kappa shape index (κ1) is 27.8. The molecule has 4 rings (SSSR count). The number of allylic oxidation sites excluding steroid dienone is 1. The van der Waals surface area contributed by atoms with Gasteiger partial charge in [0, 0.05) is 42.8 Å². The van der Waals surface area contributed by atoms with Crippen molar-refractivity contribution < 1.29 is 18.7 Å². The first-order chi connectivity index (χ1) is 18.6. The largest absolute Gasteiger partial charge is 0.478 e. The first-order valence-corrected chi connectivity index (χ1v) is 12.9. The normalized spacial score (nSPS) is 17.8. The number of fused-ring (bicyclic) bond motifs is 1. The van der Waals surface area contributed by atoms with Gasteiger partial charge in [0.1, 0.15) is 11.6 Å². The molecule has 1 aliphatic rings. The van der Waals surface area contributed by atoms with Gasteiger partial charge in [-0.2, -0.15) is 0 Å². The monoisotopic (exact) mass is 529 g/mol. The molecule has 0 saturated heterocycles. The van der Waals surface area contributed by atoms with Crippen LogP contribution in [0.2, 0.25) is 0 Å². The fourth-order valence-corrected chi connectivity index (χ4v) is 5.26. The third-order valence-corrected chi connectivity index (χ3v) is 7.14. The Morgan fingerprint density at radius 1 is 1.10 bits per heavy atom. The van der Waals surface area contributed by atoms with Crippen molar-refractivity contribution in [3.05, 3.63) is 112 Å². The molecule has 3 aromatic rings. The van der Waals surface area contributed by atoms with E-state index in [0.29, 0.717) is 12.3 Å². The van der Waals surface area contributed by atoms with Crippen molar-refractivity contribution in [2.24, 2.45) is 10.7 Å². The smallest absolute Gasteiger partial charge is 0.328 e. The molecule has 0 spiro atoms. The van der Waals surface area contributed by atoms with Crippen molar-refractivity contribution in [3.63, 3.8) is 0 Å². The van der Waals surface area contributed by atoms with E-state index in [0.717, 1.165) is 34.0 Å². The maximum Gasteiger partial charge on any atom is 0.328 e. The Hall–Kier alpha value is -4.26. The molecular weight excluding hydrogens is 496 g/mol. The van der Waals surface area contributed by atoms with Crippen LogP contribution >= 0.6 is 0 Å². The molecule has 2 atom stereocenters. The van der Waals surface area contributed by atoms with Crippen LogP contribution < -0.4 is 10.6 Å². The van der Waals surface area contributed by atoms with Crippen molar-refractivity contribution in [2.75, 3.05) is 11.9 Å². The fourth-order valence-electron chi connectivity index (χ4n) is 5.26. The molecule has 0 aromatic heterocycles. The minimum Gasteiger partial charge on any atom is -0.478 e. The number of hydrogen-bond acceptors (Lipinski definition) is 4. The average Bonchev–Trinajstić information content (AvgIpc) is 2.89. The molecule has 202 valence electrons. The Morgan fingerprint density at radius 2 is 1.77 bits per heavy atom. The minimum absolute atomic E-state index is 0.0827. The number of nitrogens with zero attached hydrogens (tertiary/aromatic N) is 2. The van der Waals surface area contributed by atoms with E-state index in [1.54, 1.807) is 13.3 Å². The maximum absolute atomic E-state index is 15.8. The van der Waals surface area contributed by atoms with E-state index in [-0.39, 0.29) is 17.2 Å². The van der Waals surface area contributed by atoms with Crippen LogP contribution in [0.3, 0.4) is 0 Å². The number of carbonyl (C=O) groups is 1. The second kappa shape index (κ2) is 11.6. The molecule has 2 unspecified atom stereocenters. The quantitative estimate of drug-likeness (QED) is 0.263. The van der Waals surface area contributed by atoms with Gasteiger partial charge in [-0.05, 0) is 77.4 Å². The number of aliphatic carboxylic acids is 1. The Kier molecular flexibility index (Phi) is 8.29. The van der Waals surface area contributed by atoms with E-state index < -0.39 is 23.6 Å². The number of nitrogens with two attached hydrogens (primary N) is 1. The molecule has 0 aliphatic carbocycles. The zero-order valence-electron chi connectivity index (χ0n) is 22.5. The summed E-state index contributed by atoms with van der Waals surface area (Å²) in [4.78, 5) is 17.1. The fraction of sp³-hybridized carbons (Fsp3) is 0.250. The van der Waals surface area contributed by atoms with E-state index in [9.17, 15) is 4.79 Å². The van der Waals surface area contributed by atoms with Crippen LogP contribution in [0.15, 0.2) is 71.9 Å². The number of rotatable bonds is 7. The molecule has 1 aliphatic heterocycles. The SMILES string of the molecule is CN=CC(=CN)c1ccc2c(c1)CC(C)N(c1ccc(C(C)C)cc1)C2c1c(F)cc(/C=C/C(=O)O)cc1F. The number of hydrogen-bond donors (Lipinski definition) is 2. The lowest BCUT2D eigenvalue weighted by molar-refractivity contribution is -0.131. The lowest BCUT2D eigenvalue weighted by Gasteiger charge is -2.44. The molecule has 1 heterocycles. The lowest BCUT2D eigenvalue weighted by atomic mass is 9.82. The molecule has 0 radical (unpaired) electrons. The van der Waals surface area contributed by atoms with E-state index in [2.05, 4.69) is 35.9 Å². The Labute approximate surface area is 228 Å². The van der Waals surface area contributed by atoms with Crippen LogP contribution in [0.1, 0.15) is 66.1 Å². The second-order valence-electron chi connectivity index (χ2n) is 10.1. The highest BCUT2D eigenvalue weighted by Crippen LogP contribution is 2.43. The van der Waals surface area contributed by atoms with Gasteiger partial charge < -0.3 is 15.7 Å². The van der Waals surface area contributed by atoms with Crippen LogP contribution in [0.4, 0.5) is 14.5 Å². The highest BCUT2D eigenvalue weighted by Gasteiger charge is 2.37. The van der Waals surface area contributed by atoms with Gasteiger partial charge in [-0.25, -0.2) is 13.6 Å². The standard InChI is InChI=1S/C32H33F2N3O2/c1-19(2)22-6-9-26(10-7-22)37-20(3)13-24-16-23(25(17-35)18-36-4)8-11-27(24)32(37)31-28(33)14-21(15-29(31)34)5-12-30(38)39/h5-12,14-20,32H,13,35H2,1-4H3,(H,38,39)/b12-5+,25-17?,36-18?. The summed E-state index contributed by atoms with van der Waals surface area (Å²) < 4.78 is 31.5. The minimum atomic E-state index is -1.19. The molecule has 0 bridgehead atoms. The number of carboxylic acid groups (broad SMARTS) is 1. The van der Waals surface area contributed by atoms with E-state index in [1.807, 2.05) is 37.3 Å². The van der Waals surface area contributed by atoms with Gasteiger partial charge in [0.15, 0.2) is 0 Å². The van der Waals surface area contributed by atoms with Gasteiger partial charge >= 0.3 is 5.97 Å². The number of carboxylic acids is 1. The van der Waals surface area contributed by atoms with Crippen molar-refractivity contribution in [2.45, 2.75) is 45.2 Å². The zero-order chi connectivity index (χ0) is 28.3. The molecule has 39 heavy (non-hydrogen) atoms. The Balaban J connectivity index is 1.92. The van der Waals surface area contributed by atoms with Gasteiger partial charge in [0.2, 0.25) is 0 Å². The summed E-state index contributed by atoms with van der Waals surface area (Å²) in [6, 6.07) is 15.4. The molecule has 5 nitrogen and oxygen atoms in total. The van der Waals surface area contributed by atoms with Crippen molar-refractivity contribution >= 4 is 29.5 Å². The molecule has 3 N–H and O–H groups in total. The summed E-state index contributed by atoms with van der Waals surface area (Å²) in [5, 5.41) is 8.94. The highest BCUT2D eigenvalue weighted by molar-refractivity contribution is 6.09. The molecule has 0 saturated carbocycles. The summed E-state index contributed by atoms with van der Waals surface area (Å²) in [6.07, 6.45) is 5.87. The Bertz CT molecular complexity index is 1440. The summed E-state index contributed by atoms with van der Waals surface area (Å²) in [7, 11) is 1.67. The molecular formula is C32H33F2N3O2. The summed E-state index contributed by atoms with van der Waals surface area (Å²) >= 11 is 0. The van der Waals surface area contributed by atoms with Crippen molar-refractivity contribution in [1.29, 1.82) is 0 Å². The topological polar surface area (TPSA) is 78.9 Å². The van der Waals surface area contributed by atoms with Crippen molar-refractivity contribution in [3.8, 4) is 0 Å².